The topological polar surface area (TPSA) is 44.8 Å². The molecule has 4 fully saturated rings. The van der Waals surface area contributed by atoms with E-state index in [1.54, 1.807) is 5.57 Å². The highest BCUT2D eigenvalue weighted by atomic mass is 16.5. The molecule has 0 saturated heterocycles. The Labute approximate surface area is 295 Å². The lowest BCUT2D eigenvalue weighted by Crippen LogP contribution is -2.53. The Hall–Kier alpha value is -2.17. The summed E-state index contributed by atoms with van der Waals surface area (Å²) in [7, 11) is 1.82. The zero-order valence-corrected chi connectivity index (χ0v) is 30.5. The van der Waals surface area contributed by atoms with E-state index < -0.39 is 0 Å². The second kappa shape index (κ2) is 12.2. The molecule has 8 aliphatic carbocycles. The average Bonchev–Trinajstić information content (AvgIpc) is 3.95. The van der Waals surface area contributed by atoms with Gasteiger partial charge in [-0.05, 0) is 154 Å². The van der Waals surface area contributed by atoms with Crippen molar-refractivity contribution < 1.29 is 19.0 Å². The van der Waals surface area contributed by atoms with E-state index in [1.165, 1.54) is 88.4 Å². The molecule has 4 heteroatoms. The molecular formula is C45H60O4. The van der Waals surface area contributed by atoms with Gasteiger partial charge in [0.1, 0.15) is 0 Å². The van der Waals surface area contributed by atoms with Crippen molar-refractivity contribution in [1.82, 2.24) is 0 Å². The van der Waals surface area contributed by atoms with Gasteiger partial charge in [0.15, 0.2) is 5.78 Å². The summed E-state index contributed by atoms with van der Waals surface area (Å²) in [6, 6.07) is 0. The first-order valence-corrected chi connectivity index (χ1v) is 20.4. The lowest BCUT2D eigenvalue weighted by atomic mass is 9.50. The molecule has 4 nitrogen and oxygen atoms in total. The predicted molar refractivity (Wildman–Crippen MR) is 194 cm³/mol. The molecule has 0 N–H and O–H groups in total. The summed E-state index contributed by atoms with van der Waals surface area (Å²) in [5, 5.41) is 0. The molecule has 49 heavy (non-hydrogen) atoms. The number of fused-ring (bicyclic) bond motifs is 12. The molecule has 0 bridgehead atoms. The van der Waals surface area contributed by atoms with Gasteiger partial charge in [-0.2, -0.15) is 0 Å². The third-order valence-electron chi connectivity index (χ3n) is 16.9. The molecule has 4 saturated carbocycles. The molecule has 0 aromatic carbocycles. The molecule has 0 aromatic rings. The Balaban J connectivity index is 0.000000133. The number of carbonyl (C=O) groups excluding carboxylic acids is 1. The molecule has 2 aliphatic heterocycles. The zero-order valence-electron chi connectivity index (χ0n) is 30.5. The normalized spacial score (nSPS) is 48.4. The molecule has 2 spiro atoms. The summed E-state index contributed by atoms with van der Waals surface area (Å²) in [4.78, 5) is 11.8. The molecule has 2 heterocycles. The molecular weight excluding hydrogens is 604 g/mol. The summed E-state index contributed by atoms with van der Waals surface area (Å²) in [5.74, 6) is 7.72. The van der Waals surface area contributed by atoms with Crippen LogP contribution in [-0.4, -0.2) is 37.3 Å². The monoisotopic (exact) mass is 664 g/mol. The van der Waals surface area contributed by atoms with Gasteiger partial charge in [0.25, 0.3) is 0 Å². The first kappa shape index (κ1) is 32.7. The van der Waals surface area contributed by atoms with Crippen molar-refractivity contribution in [2.24, 2.45) is 58.2 Å². The molecule has 12 atom stereocenters. The zero-order chi connectivity index (χ0) is 33.4. The first-order valence-electron chi connectivity index (χ1n) is 20.4. The Morgan fingerprint density at radius 3 is 2.06 bits per heavy atom. The highest BCUT2D eigenvalue weighted by Gasteiger charge is 2.65. The van der Waals surface area contributed by atoms with E-state index in [4.69, 9.17) is 14.2 Å². The van der Waals surface area contributed by atoms with Gasteiger partial charge in [-0.15, -0.1) is 0 Å². The smallest absolute Gasteiger partial charge is 0.155 e. The van der Waals surface area contributed by atoms with E-state index in [-0.39, 0.29) is 11.2 Å². The lowest BCUT2D eigenvalue weighted by Gasteiger charge is -2.56. The number of ketones is 1. The second-order valence-corrected chi connectivity index (χ2v) is 17.7. The number of ether oxygens (including phenoxy) is 3. The molecule has 0 radical (unpaired) electrons. The van der Waals surface area contributed by atoms with Crippen LogP contribution in [0.2, 0.25) is 0 Å². The fraction of sp³-hybridized carbons (Fsp3) is 0.711. The minimum Gasteiger partial charge on any atom is -0.501 e. The van der Waals surface area contributed by atoms with Crippen LogP contribution in [0.15, 0.2) is 71.6 Å². The second-order valence-electron chi connectivity index (χ2n) is 17.7. The van der Waals surface area contributed by atoms with Crippen LogP contribution in [0.25, 0.3) is 0 Å². The van der Waals surface area contributed by atoms with Gasteiger partial charge in [-0.3, -0.25) is 4.79 Å². The molecule has 6 unspecified atom stereocenters. The highest BCUT2D eigenvalue weighted by molar-refractivity contribution is 5.92. The number of carbonyl (C=O) groups is 1. The van der Waals surface area contributed by atoms with Crippen LogP contribution in [0.3, 0.4) is 0 Å². The maximum Gasteiger partial charge on any atom is 0.155 e. The van der Waals surface area contributed by atoms with Crippen LogP contribution in [0.4, 0.5) is 0 Å². The third kappa shape index (κ3) is 4.63. The standard InChI is InChI=1S/C23H32O2.C22H28O2/c1-3-22-12-9-19-18-8-6-17(24-2)15-16(18)5-7-20(19)21(22)10-13-23(22)11-4-14-25-23;1-2-21-11-8-18-17-7-5-16(23)14-15(17)4-6-19(18)20(21)9-12-22(21)10-3-13-24-22/h4-5,11,15,18-21H,3,6-10,12-14H2,1-2H3;3-4,6,10,14,17-20H,2,5,7-9,11-13H2,1H3/t18-,19?,20?,21?,22-,23-;17-,18?,19?,20?,21-,22-/m00/s1. The van der Waals surface area contributed by atoms with Gasteiger partial charge in [-0.1, -0.05) is 56.4 Å². The number of hydrogen-bond acceptors (Lipinski definition) is 4. The molecule has 10 rings (SSSR count). The molecule has 264 valence electrons. The van der Waals surface area contributed by atoms with Crippen molar-refractivity contribution in [2.45, 2.75) is 121 Å². The van der Waals surface area contributed by atoms with Crippen LogP contribution >= 0.6 is 0 Å². The minimum absolute atomic E-state index is 0.0177. The molecule has 0 amide bonds. The third-order valence-corrected chi connectivity index (χ3v) is 16.9. The summed E-state index contributed by atoms with van der Waals surface area (Å²) >= 11 is 0. The summed E-state index contributed by atoms with van der Waals surface area (Å²) < 4.78 is 18.3. The highest BCUT2D eigenvalue weighted by Crippen LogP contribution is 2.69. The van der Waals surface area contributed by atoms with Crippen molar-refractivity contribution in [3.05, 3.63) is 71.6 Å². The van der Waals surface area contributed by atoms with E-state index in [0.29, 0.717) is 28.4 Å². The SMILES string of the molecule is CC[C@]12CCC3C(C=CC4=CC(=O)CC[C@@H]43)C1CC[C@@]21C=CCO1.CC[C@]12CCC3C(CC=C4C=C(OC)CC[C@@H]43)C1CC[C@@]21C=CCO1. The largest absolute Gasteiger partial charge is 0.501 e. The number of rotatable bonds is 3. The maximum atomic E-state index is 11.8. The number of allylic oxidation sites excluding steroid dienone is 8. The Kier molecular flexibility index (Phi) is 8.16. The van der Waals surface area contributed by atoms with Gasteiger partial charge in [0, 0.05) is 23.7 Å². The van der Waals surface area contributed by atoms with Crippen LogP contribution in [0.1, 0.15) is 110 Å². The van der Waals surface area contributed by atoms with Crippen molar-refractivity contribution in [2.75, 3.05) is 20.3 Å². The van der Waals surface area contributed by atoms with Crippen molar-refractivity contribution in [3.63, 3.8) is 0 Å². The first-order chi connectivity index (χ1) is 23.9. The van der Waals surface area contributed by atoms with Crippen molar-refractivity contribution in [3.8, 4) is 0 Å². The van der Waals surface area contributed by atoms with E-state index in [0.717, 1.165) is 68.0 Å². The molecule has 0 aromatic heterocycles. The number of methoxy groups -OCH3 is 1. The lowest BCUT2D eigenvalue weighted by molar-refractivity contribution is -0.119. The average molecular weight is 665 g/mol. The van der Waals surface area contributed by atoms with Gasteiger partial charge in [-0.25, -0.2) is 0 Å². The van der Waals surface area contributed by atoms with Crippen LogP contribution < -0.4 is 0 Å². The predicted octanol–water partition coefficient (Wildman–Crippen LogP) is 10.0. The summed E-state index contributed by atoms with van der Waals surface area (Å²) in [6.07, 6.45) is 39.5. The Bertz CT molecular complexity index is 1530. The maximum absolute atomic E-state index is 11.8. The number of hydrogen-bond donors (Lipinski definition) is 0. The summed E-state index contributed by atoms with van der Waals surface area (Å²) in [6.45, 7) is 6.44. The quantitative estimate of drug-likeness (QED) is 0.282. The van der Waals surface area contributed by atoms with Gasteiger partial charge >= 0.3 is 0 Å². The van der Waals surface area contributed by atoms with E-state index in [9.17, 15) is 4.79 Å². The van der Waals surface area contributed by atoms with Crippen LogP contribution in [0.5, 0.6) is 0 Å². The Morgan fingerprint density at radius 1 is 0.735 bits per heavy atom. The fourth-order valence-corrected chi connectivity index (χ4v) is 14.8. The summed E-state index contributed by atoms with van der Waals surface area (Å²) in [5.41, 5.74) is 3.71. The Morgan fingerprint density at radius 2 is 1.39 bits per heavy atom. The van der Waals surface area contributed by atoms with E-state index in [2.05, 4.69) is 62.5 Å². The van der Waals surface area contributed by atoms with Crippen molar-refractivity contribution >= 4 is 5.78 Å². The molecule has 10 aliphatic rings. The minimum atomic E-state index is 0.0177. The van der Waals surface area contributed by atoms with Crippen LogP contribution in [0, 0.1) is 58.2 Å². The van der Waals surface area contributed by atoms with E-state index in [1.807, 2.05) is 13.2 Å². The fourth-order valence-electron chi connectivity index (χ4n) is 14.8. The van der Waals surface area contributed by atoms with Crippen LogP contribution in [-0.2, 0) is 19.0 Å². The van der Waals surface area contributed by atoms with Gasteiger partial charge in [0.05, 0.1) is 37.3 Å². The van der Waals surface area contributed by atoms with Crippen molar-refractivity contribution in [1.29, 1.82) is 0 Å². The van der Waals surface area contributed by atoms with E-state index >= 15 is 0 Å². The van der Waals surface area contributed by atoms with Gasteiger partial charge in [0.2, 0.25) is 0 Å². The van der Waals surface area contributed by atoms with Gasteiger partial charge < -0.3 is 14.2 Å².